The quantitative estimate of drug-likeness (QED) is 0.612. The Morgan fingerprint density at radius 1 is 1.13 bits per heavy atom. The molecule has 0 bridgehead atoms. The van der Waals surface area contributed by atoms with Gasteiger partial charge in [0.25, 0.3) is 5.89 Å². The van der Waals surface area contributed by atoms with E-state index in [0.29, 0.717) is 5.69 Å². The molecule has 23 heavy (non-hydrogen) atoms. The van der Waals surface area contributed by atoms with Crippen molar-refractivity contribution in [3.8, 4) is 0 Å². The number of halogens is 1. The largest absolute Gasteiger partial charge is 0.441 e. The maximum atomic E-state index is 11.9. The van der Waals surface area contributed by atoms with Gasteiger partial charge in [-0.3, -0.25) is 4.79 Å². The SMILES string of the molecule is O=C(Nc1cccc(SNc2ccc(Br)cc2)c1)c1ncco1. The van der Waals surface area contributed by atoms with Crippen molar-refractivity contribution in [3.05, 3.63) is 71.4 Å². The van der Waals surface area contributed by atoms with Gasteiger partial charge < -0.3 is 14.5 Å². The Morgan fingerprint density at radius 2 is 1.96 bits per heavy atom. The van der Waals surface area contributed by atoms with Crippen molar-refractivity contribution in [2.75, 3.05) is 10.0 Å². The maximum absolute atomic E-state index is 11.9. The molecule has 0 aliphatic heterocycles. The Morgan fingerprint density at radius 3 is 2.70 bits per heavy atom. The number of hydrogen-bond acceptors (Lipinski definition) is 5. The number of carbonyl (C=O) groups excluding carboxylic acids is 1. The van der Waals surface area contributed by atoms with Gasteiger partial charge in [-0.15, -0.1) is 0 Å². The summed E-state index contributed by atoms with van der Waals surface area (Å²) in [6.45, 7) is 0. The molecular formula is C16H12BrN3O2S. The molecule has 0 aliphatic carbocycles. The maximum Gasteiger partial charge on any atom is 0.311 e. The molecule has 7 heteroatoms. The van der Waals surface area contributed by atoms with Gasteiger partial charge in [0.2, 0.25) is 0 Å². The molecule has 0 saturated carbocycles. The number of anilines is 2. The normalized spacial score (nSPS) is 10.3. The van der Waals surface area contributed by atoms with E-state index in [-0.39, 0.29) is 11.8 Å². The molecule has 0 aliphatic rings. The van der Waals surface area contributed by atoms with Crippen LogP contribution in [0, 0.1) is 0 Å². The van der Waals surface area contributed by atoms with E-state index in [1.165, 1.54) is 24.4 Å². The summed E-state index contributed by atoms with van der Waals surface area (Å²) < 4.78 is 9.25. The number of nitrogens with one attached hydrogen (secondary N) is 2. The fraction of sp³-hybridized carbons (Fsp3) is 0. The zero-order chi connectivity index (χ0) is 16.1. The highest BCUT2D eigenvalue weighted by molar-refractivity contribution is 9.10. The molecule has 3 rings (SSSR count). The van der Waals surface area contributed by atoms with E-state index in [0.717, 1.165) is 15.1 Å². The van der Waals surface area contributed by atoms with Crippen molar-refractivity contribution < 1.29 is 9.21 Å². The van der Waals surface area contributed by atoms with Crippen LogP contribution in [0.2, 0.25) is 0 Å². The number of aromatic nitrogens is 1. The van der Waals surface area contributed by atoms with Gasteiger partial charge in [-0.1, -0.05) is 22.0 Å². The van der Waals surface area contributed by atoms with Gasteiger partial charge in [0.1, 0.15) is 6.26 Å². The van der Waals surface area contributed by atoms with Crippen LogP contribution in [0.15, 0.2) is 74.8 Å². The van der Waals surface area contributed by atoms with Crippen LogP contribution in [0.25, 0.3) is 0 Å². The molecule has 1 heterocycles. The molecular weight excluding hydrogens is 378 g/mol. The van der Waals surface area contributed by atoms with Crippen molar-refractivity contribution in [2.24, 2.45) is 0 Å². The summed E-state index contributed by atoms with van der Waals surface area (Å²) in [4.78, 5) is 16.7. The van der Waals surface area contributed by atoms with Crippen molar-refractivity contribution in [2.45, 2.75) is 4.90 Å². The van der Waals surface area contributed by atoms with Crippen LogP contribution in [0.1, 0.15) is 10.7 Å². The van der Waals surface area contributed by atoms with Gasteiger partial charge in [-0.25, -0.2) is 4.98 Å². The van der Waals surface area contributed by atoms with Crippen LogP contribution in [-0.2, 0) is 0 Å². The highest BCUT2D eigenvalue weighted by atomic mass is 79.9. The topological polar surface area (TPSA) is 67.2 Å². The smallest absolute Gasteiger partial charge is 0.311 e. The fourth-order valence-electron chi connectivity index (χ4n) is 1.79. The third-order valence-electron chi connectivity index (χ3n) is 2.85. The second-order valence-corrected chi connectivity index (χ2v) is 6.33. The van der Waals surface area contributed by atoms with Gasteiger partial charge in [-0.2, -0.15) is 0 Å². The minimum atomic E-state index is -0.377. The van der Waals surface area contributed by atoms with Crippen LogP contribution < -0.4 is 10.0 Å². The predicted octanol–water partition coefficient (Wildman–Crippen LogP) is 4.81. The molecule has 2 N–H and O–H groups in total. The molecule has 0 unspecified atom stereocenters. The number of benzene rings is 2. The summed E-state index contributed by atoms with van der Waals surface area (Å²) in [6, 6.07) is 15.4. The molecule has 5 nitrogen and oxygen atoms in total. The summed E-state index contributed by atoms with van der Waals surface area (Å²) in [5.41, 5.74) is 1.67. The summed E-state index contributed by atoms with van der Waals surface area (Å²) in [7, 11) is 0. The average molecular weight is 390 g/mol. The molecule has 2 aromatic carbocycles. The standard InChI is InChI=1S/C16H12BrN3O2S/c17-11-4-6-12(7-5-11)20-23-14-3-1-2-13(10-14)19-15(21)16-18-8-9-22-16/h1-10,20H,(H,19,21). The number of nitrogens with zero attached hydrogens (tertiary/aromatic N) is 1. The van der Waals surface area contributed by atoms with Gasteiger partial charge in [0.05, 0.1) is 6.20 Å². The zero-order valence-corrected chi connectivity index (χ0v) is 14.2. The molecule has 0 fully saturated rings. The van der Waals surface area contributed by atoms with Crippen molar-refractivity contribution in [1.29, 1.82) is 0 Å². The van der Waals surface area contributed by atoms with Gasteiger partial charge >= 0.3 is 5.91 Å². The van der Waals surface area contributed by atoms with Gasteiger partial charge in [-0.05, 0) is 54.4 Å². The number of amides is 1. The number of hydrogen-bond donors (Lipinski definition) is 2. The van der Waals surface area contributed by atoms with E-state index in [2.05, 4.69) is 31.0 Å². The lowest BCUT2D eigenvalue weighted by molar-refractivity contribution is 0.0990. The highest BCUT2D eigenvalue weighted by Gasteiger charge is 2.10. The van der Waals surface area contributed by atoms with Crippen LogP contribution in [0.5, 0.6) is 0 Å². The second kappa shape index (κ2) is 7.34. The van der Waals surface area contributed by atoms with E-state index < -0.39 is 0 Å². The predicted molar refractivity (Wildman–Crippen MR) is 94.5 cm³/mol. The second-order valence-electron chi connectivity index (χ2n) is 4.53. The van der Waals surface area contributed by atoms with Gasteiger partial charge in [0.15, 0.2) is 0 Å². The summed E-state index contributed by atoms with van der Waals surface area (Å²) in [6.07, 6.45) is 2.80. The molecule has 116 valence electrons. The van der Waals surface area contributed by atoms with E-state index in [1.807, 2.05) is 48.5 Å². The molecule has 0 atom stereocenters. The van der Waals surface area contributed by atoms with Crippen LogP contribution in [0.4, 0.5) is 11.4 Å². The number of carbonyl (C=O) groups is 1. The fourth-order valence-corrected chi connectivity index (χ4v) is 2.76. The zero-order valence-electron chi connectivity index (χ0n) is 11.8. The average Bonchev–Trinajstić information content (AvgIpc) is 3.09. The summed E-state index contributed by atoms with van der Waals surface area (Å²) in [5, 5.41) is 2.75. The third kappa shape index (κ3) is 4.37. The Balaban J connectivity index is 1.63. The molecule has 3 aromatic rings. The lowest BCUT2D eigenvalue weighted by Gasteiger charge is -2.08. The van der Waals surface area contributed by atoms with Crippen molar-refractivity contribution in [1.82, 2.24) is 4.98 Å². The molecule has 0 spiro atoms. The minimum absolute atomic E-state index is 0.0380. The van der Waals surface area contributed by atoms with Gasteiger partial charge in [0, 0.05) is 20.7 Å². The summed E-state index contributed by atoms with van der Waals surface area (Å²) in [5.74, 6) is -0.339. The number of rotatable bonds is 5. The van der Waals surface area contributed by atoms with Crippen LogP contribution in [0.3, 0.4) is 0 Å². The first-order valence-corrected chi connectivity index (χ1v) is 8.31. The Bertz CT molecular complexity index is 791. The molecule has 0 radical (unpaired) electrons. The summed E-state index contributed by atoms with van der Waals surface area (Å²) >= 11 is 4.87. The highest BCUT2D eigenvalue weighted by Crippen LogP contribution is 2.24. The lowest BCUT2D eigenvalue weighted by Crippen LogP contribution is -2.12. The molecule has 1 amide bonds. The monoisotopic (exact) mass is 389 g/mol. The van der Waals surface area contributed by atoms with Crippen molar-refractivity contribution >= 4 is 45.2 Å². The molecule has 1 aromatic heterocycles. The molecule has 0 saturated heterocycles. The van der Waals surface area contributed by atoms with E-state index in [1.54, 1.807) is 0 Å². The third-order valence-corrected chi connectivity index (χ3v) is 4.21. The van der Waals surface area contributed by atoms with E-state index in [4.69, 9.17) is 4.42 Å². The lowest BCUT2D eigenvalue weighted by atomic mass is 10.3. The van der Waals surface area contributed by atoms with Crippen molar-refractivity contribution in [3.63, 3.8) is 0 Å². The first-order valence-electron chi connectivity index (χ1n) is 6.70. The van der Waals surface area contributed by atoms with Crippen LogP contribution in [-0.4, -0.2) is 10.9 Å². The minimum Gasteiger partial charge on any atom is -0.441 e. The van der Waals surface area contributed by atoms with E-state index >= 15 is 0 Å². The Labute approximate surface area is 145 Å². The Kier molecular flexibility index (Phi) is 4.99. The van der Waals surface area contributed by atoms with E-state index in [9.17, 15) is 4.79 Å². The van der Waals surface area contributed by atoms with Crippen LogP contribution >= 0.6 is 27.9 Å². The first-order chi connectivity index (χ1) is 11.2. The first kappa shape index (κ1) is 15.6. The number of oxazole rings is 1. The Hall–Kier alpha value is -2.25.